The summed E-state index contributed by atoms with van der Waals surface area (Å²) in [4.78, 5) is 0. The maximum absolute atomic E-state index is 5.77. The lowest BCUT2D eigenvalue weighted by Crippen LogP contribution is -2.36. The van der Waals surface area contributed by atoms with Gasteiger partial charge < -0.3 is 4.74 Å². The summed E-state index contributed by atoms with van der Waals surface area (Å²) in [7, 11) is 0. The molecular formula is C16H26N2O. The highest BCUT2D eigenvalue weighted by Crippen LogP contribution is 2.31. The van der Waals surface area contributed by atoms with E-state index in [-0.39, 0.29) is 11.5 Å². The van der Waals surface area contributed by atoms with Gasteiger partial charge in [0, 0.05) is 19.3 Å². The van der Waals surface area contributed by atoms with Gasteiger partial charge in [0.1, 0.15) is 0 Å². The van der Waals surface area contributed by atoms with Crippen molar-refractivity contribution < 1.29 is 4.74 Å². The van der Waals surface area contributed by atoms with Crippen LogP contribution in [0.2, 0.25) is 0 Å². The molecule has 0 amide bonds. The van der Waals surface area contributed by atoms with Crippen molar-refractivity contribution in [1.82, 2.24) is 5.43 Å². The standard InChI is InChI=1S/C16H26N2O/c1-16(2,3)14-6-4-12(5-7-14)15(18-17)13-8-10-19-11-9-13/h4-7,13,15,18H,8-11,17H2,1-3H3. The van der Waals surface area contributed by atoms with E-state index >= 15 is 0 Å². The quantitative estimate of drug-likeness (QED) is 0.650. The van der Waals surface area contributed by atoms with Crippen molar-refractivity contribution in [3.05, 3.63) is 35.4 Å². The molecule has 2 rings (SSSR count). The fourth-order valence-electron chi connectivity index (χ4n) is 2.74. The molecule has 1 saturated heterocycles. The maximum atomic E-state index is 5.77. The maximum Gasteiger partial charge on any atom is 0.0489 e. The number of rotatable bonds is 3. The van der Waals surface area contributed by atoms with Crippen LogP contribution in [0.15, 0.2) is 24.3 Å². The number of nitrogens with one attached hydrogen (secondary N) is 1. The summed E-state index contributed by atoms with van der Waals surface area (Å²) in [6.07, 6.45) is 2.16. The first-order valence-corrected chi connectivity index (χ1v) is 7.16. The second-order valence-corrected chi connectivity index (χ2v) is 6.47. The van der Waals surface area contributed by atoms with Crippen molar-refractivity contribution in [2.24, 2.45) is 11.8 Å². The molecule has 0 aromatic heterocycles. The number of hydrogen-bond donors (Lipinski definition) is 2. The molecule has 19 heavy (non-hydrogen) atoms. The Morgan fingerprint density at radius 3 is 2.21 bits per heavy atom. The SMILES string of the molecule is CC(C)(C)c1ccc(C(NN)C2CCOCC2)cc1. The van der Waals surface area contributed by atoms with Crippen molar-refractivity contribution in [3.8, 4) is 0 Å². The molecule has 106 valence electrons. The Kier molecular flexibility index (Phi) is 4.61. The highest BCUT2D eigenvalue weighted by molar-refractivity contribution is 5.29. The van der Waals surface area contributed by atoms with Gasteiger partial charge in [-0.2, -0.15) is 0 Å². The summed E-state index contributed by atoms with van der Waals surface area (Å²) in [5.41, 5.74) is 5.83. The molecule has 1 aromatic carbocycles. The van der Waals surface area contributed by atoms with Gasteiger partial charge in [0.05, 0.1) is 0 Å². The van der Waals surface area contributed by atoms with Crippen LogP contribution in [-0.4, -0.2) is 13.2 Å². The fourth-order valence-corrected chi connectivity index (χ4v) is 2.74. The van der Waals surface area contributed by atoms with Gasteiger partial charge in [-0.1, -0.05) is 45.0 Å². The highest BCUT2D eigenvalue weighted by atomic mass is 16.5. The number of ether oxygens (including phenoxy) is 1. The largest absolute Gasteiger partial charge is 0.381 e. The van der Waals surface area contributed by atoms with Crippen LogP contribution < -0.4 is 11.3 Å². The molecule has 1 aliphatic rings. The first-order valence-electron chi connectivity index (χ1n) is 7.16. The molecule has 0 saturated carbocycles. The molecule has 1 heterocycles. The molecule has 3 heteroatoms. The third-order valence-corrected chi connectivity index (χ3v) is 4.05. The van der Waals surface area contributed by atoms with Crippen LogP contribution in [0.5, 0.6) is 0 Å². The smallest absolute Gasteiger partial charge is 0.0489 e. The Bertz CT molecular complexity index is 388. The minimum atomic E-state index is 0.197. The zero-order valence-corrected chi connectivity index (χ0v) is 12.3. The van der Waals surface area contributed by atoms with Crippen molar-refractivity contribution in [2.75, 3.05) is 13.2 Å². The topological polar surface area (TPSA) is 47.3 Å². The van der Waals surface area contributed by atoms with Crippen LogP contribution in [0.1, 0.15) is 50.8 Å². The van der Waals surface area contributed by atoms with Crippen molar-refractivity contribution >= 4 is 0 Å². The molecule has 1 unspecified atom stereocenters. The van der Waals surface area contributed by atoms with Crippen LogP contribution >= 0.6 is 0 Å². The van der Waals surface area contributed by atoms with E-state index in [1.54, 1.807) is 0 Å². The lowest BCUT2D eigenvalue weighted by molar-refractivity contribution is 0.0536. The van der Waals surface area contributed by atoms with E-state index in [9.17, 15) is 0 Å². The zero-order valence-electron chi connectivity index (χ0n) is 12.3. The summed E-state index contributed by atoms with van der Waals surface area (Å²) in [6.45, 7) is 8.41. The lowest BCUT2D eigenvalue weighted by atomic mass is 9.83. The van der Waals surface area contributed by atoms with Gasteiger partial charge in [-0.3, -0.25) is 11.3 Å². The van der Waals surface area contributed by atoms with Gasteiger partial charge in [0.2, 0.25) is 0 Å². The Morgan fingerprint density at radius 2 is 1.74 bits per heavy atom. The summed E-state index contributed by atoms with van der Waals surface area (Å²) < 4.78 is 5.43. The van der Waals surface area contributed by atoms with E-state index in [0.717, 1.165) is 26.1 Å². The third-order valence-electron chi connectivity index (χ3n) is 4.05. The Balaban J connectivity index is 2.14. The fraction of sp³-hybridized carbons (Fsp3) is 0.625. The van der Waals surface area contributed by atoms with Gasteiger partial charge in [-0.25, -0.2) is 0 Å². The van der Waals surface area contributed by atoms with Gasteiger partial charge >= 0.3 is 0 Å². The lowest BCUT2D eigenvalue weighted by Gasteiger charge is -2.30. The predicted molar refractivity (Wildman–Crippen MR) is 78.7 cm³/mol. The molecule has 3 nitrogen and oxygen atoms in total. The molecule has 0 radical (unpaired) electrons. The van der Waals surface area contributed by atoms with Crippen LogP contribution in [0.4, 0.5) is 0 Å². The van der Waals surface area contributed by atoms with E-state index in [4.69, 9.17) is 10.6 Å². The molecule has 1 atom stereocenters. The molecule has 0 aliphatic carbocycles. The van der Waals surface area contributed by atoms with Crippen LogP contribution in [0.25, 0.3) is 0 Å². The van der Waals surface area contributed by atoms with E-state index in [2.05, 4.69) is 50.5 Å². The van der Waals surface area contributed by atoms with Crippen molar-refractivity contribution in [1.29, 1.82) is 0 Å². The predicted octanol–water partition coefficient (Wildman–Crippen LogP) is 2.92. The number of nitrogens with two attached hydrogens (primary N) is 1. The first kappa shape index (κ1) is 14.5. The molecular weight excluding hydrogens is 236 g/mol. The summed E-state index contributed by atoms with van der Waals surface area (Å²) in [5.74, 6) is 6.34. The van der Waals surface area contributed by atoms with E-state index in [1.165, 1.54) is 11.1 Å². The summed E-state index contributed by atoms with van der Waals surface area (Å²) >= 11 is 0. The average molecular weight is 262 g/mol. The molecule has 1 aromatic rings. The number of benzene rings is 1. The second kappa shape index (κ2) is 6.04. The normalized spacial score (nSPS) is 19.4. The zero-order chi connectivity index (χ0) is 13.9. The Hall–Kier alpha value is -0.900. The van der Waals surface area contributed by atoms with Gasteiger partial charge in [0.25, 0.3) is 0 Å². The Labute approximate surface area is 116 Å². The van der Waals surface area contributed by atoms with Gasteiger partial charge in [0.15, 0.2) is 0 Å². The molecule has 0 bridgehead atoms. The van der Waals surface area contributed by atoms with Gasteiger partial charge in [-0.05, 0) is 35.3 Å². The Morgan fingerprint density at radius 1 is 1.16 bits per heavy atom. The highest BCUT2D eigenvalue weighted by Gasteiger charge is 2.24. The van der Waals surface area contributed by atoms with Gasteiger partial charge in [-0.15, -0.1) is 0 Å². The number of hydrazine groups is 1. The summed E-state index contributed by atoms with van der Waals surface area (Å²) in [5, 5.41) is 0. The monoisotopic (exact) mass is 262 g/mol. The van der Waals surface area contributed by atoms with Crippen LogP contribution in [0, 0.1) is 5.92 Å². The van der Waals surface area contributed by atoms with E-state index < -0.39 is 0 Å². The average Bonchev–Trinajstić information content (AvgIpc) is 2.40. The third kappa shape index (κ3) is 3.56. The van der Waals surface area contributed by atoms with Crippen LogP contribution in [-0.2, 0) is 10.2 Å². The first-order chi connectivity index (χ1) is 9.02. The molecule has 1 aliphatic heterocycles. The molecule has 1 fully saturated rings. The van der Waals surface area contributed by atoms with Crippen molar-refractivity contribution in [3.63, 3.8) is 0 Å². The second-order valence-electron chi connectivity index (χ2n) is 6.47. The summed E-state index contributed by atoms with van der Waals surface area (Å²) in [6, 6.07) is 9.09. The minimum absolute atomic E-state index is 0.197. The van der Waals surface area contributed by atoms with Crippen molar-refractivity contribution in [2.45, 2.75) is 45.1 Å². The number of hydrogen-bond acceptors (Lipinski definition) is 3. The van der Waals surface area contributed by atoms with Crippen LogP contribution in [0.3, 0.4) is 0 Å². The molecule has 0 spiro atoms. The molecule has 3 N–H and O–H groups in total. The minimum Gasteiger partial charge on any atom is -0.381 e. The van der Waals surface area contributed by atoms with E-state index in [0.29, 0.717) is 5.92 Å². The van der Waals surface area contributed by atoms with E-state index in [1.807, 2.05) is 0 Å².